The summed E-state index contributed by atoms with van der Waals surface area (Å²) in [6.45, 7) is 10.1. The fraction of sp³-hybridized carbons (Fsp3) is 0.143. The highest BCUT2D eigenvalue weighted by molar-refractivity contribution is 5.89. The van der Waals surface area contributed by atoms with Crippen molar-refractivity contribution in [2.45, 2.75) is 6.92 Å². The maximum atomic E-state index is 5.34. The standard InChI is InChI=1S/C14H14O/c1-9-5-6-12-13(7-9)11(3)10(2)8-14(12)15-4/h5-8H,2-3H2,1,4H3. The number of fused-ring (bicyclic) bond motifs is 1. The van der Waals surface area contributed by atoms with Crippen molar-refractivity contribution < 1.29 is 4.74 Å². The highest BCUT2D eigenvalue weighted by atomic mass is 16.5. The molecule has 1 nitrogen and oxygen atoms in total. The second-order valence-electron chi connectivity index (χ2n) is 3.77. The summed E-state index contributed by atoms with van der Waals surface area (Å²) < 4.78 is 5.34. The molecule has 0 bridgehead atoms. The Bertz CT molecular complexity index is 611. The first kappa shape index (κ1) is 9.78. The molecule has 1 heteroatoms. The zero-order valence-electron chi connectivity index (χ0n) is 9.13. The number of hydrogen-bond acceptors (Lipinski definition) is 1. The molecule has 0 aromatic heterocycles. The van der Waals surface area contributed by atoms with Gasteiger partial charge >= 0.3 is 0 Å². The van der Waals surface area contributed by atoms with E-state index in [9.17, 15) is 0 Å². The van der Waals surface area contributed by atoms with Gasteiger partial charge in [-0.05, 0) is 28.8 Å². The highest BCUT2D eigenvalue weighted by Gasteiger charge is 2.02. The average Bonchev–Trinajstić information content (AvgIpc) is 2.23. The van der Waals surface area contributed by atoms with Crippen molar-refractivity contribution in [3.8, 4) is 5.75 Å². The Morgan fingerprint density at radius 3 is 2.47 bits per heavy atom. The lowest BCUT2D eigenvalue weighted by atomic mass is 10.0. The Morgan fingerprint density at radius 2 is 1.80 bits per heavy atom. The molecule has 0 unspecified atom stereocenters. The molecule has 0 aliphatic carbocycles. The quantitative estimate of drug-likeness (QED) is 0.681. The molecule has 0 saturated carbocycles. The molecule has 76 valence electrons. The van der Waals surface area contributed by atoms with Gasteiger partial charge in [-0.2, -0.15) is 0 Å². The Balaban J connectivity index is 3.03. The molecule has 0 N–H and O–H groups in total. The summed E-state index contributed by atoms with van der Waals surface area (Å²) in [7, 11) is 1.68. The van der Waals surface area contributed by atoms with Crippen molar-refractivity contribution in [2.24, 2.45) is 0 Å². The molecule has 0 atom stereocenters. The third-order valence-electron chi connectivity index (χ3n) is 2.68. The number of benzene rings is 2. The average molecular weight is 198 g/mol. The number of aryl methyl sites for hydroxylation is 1. The van der Waals surface area contributed by atoms with Gasteiger partial charge in [0, 0.05) is 5.39 Å². The molecule has 0 radical (unpaired) electrons. The molecular formula is C14H14O. The van der Waals surface area contributed by atoms with E-state index < -0.39 is 0 Å². The van der Waals surface area contributed by atoms with E-state index in [0.717, 1.165) is 27.0 Å². The van der Waals surface area contributed by atoms with Crippen molar-refractivity contribution in [3.05, 3.63) is 40.3 Å². The smallest absolute Gasteiger partial charge is 0.127 e. The van der Waals surface area contributed by atoms with Crippen molar-refractivity contribution >= 4 is 23.9 Å². The highest BCUT2D eigenvalue weighted by Crippen LogP contribution is 2.21. The minimum Gasteiger partial charge on any atom is -0.496 e. The third-order valence-corrected chi connectivity index (χ3v) is 2.68. The summed E-state index contributed by atoms with van der Waals surface area (Å²) >= 11 is 0. The molecule has 2 aromatic rings. The predicted octanol–water partition coefficient (Wildman–Crippen LogP) is 1.98. The van der Waals surface area contributed by atoms with E-state index >= 15 is 0 Å². The van der Waals surface area contributed by atoms with Gasteiger partial charge in [-0.25, -0.2) is 0 Å². The van der Waals surface area contributed by atoms with E-state index in [0.29, 0.717) is 0 Å². The maximum absolute atomic E-state index is 5.34. The van der Waals surface area contributed by atoms with E-state index in [1.807, 2.05) is 6.07 Å². The first-order chi connectivity index (χ1) is 7.13. The number of methoxy groups -OCH3 is 1. The Kier molecular flexibility index (Phi) is 2.24. The molecular weight excluding hydrogens is 184 g/mol. The molecule has 0 amide bonds. The Hall–Kier alpha value is -1.76. The maximum Gasteiger partial charge on any atom is 0.127 e. The van der Waals surface area contributed by atoms with Crippen LogP contribution in [0.3, 0.4) is 0 Å². The van der Waals surface area contributed by atoms with E-state index in [1.165, 1.54) is 5.56 Å². The van der Waals surface area contributed by atoms with Gasteiger partial charge < -0.3 is 4.74 Å². The summed E-state index contributed by atoms with van der Waals surface area (Å²) in [6.07, 6.45) is 0. The van der Waals surface area contributed by atoms with Gasteiger partial charge in [0.15, 0.2) is 0 Å². The molecule has 0 heterocycles. The summed E-state index contributed by atoms with van der Waals surface area (Å²) in [4.78, 5) is 0. The molecule has 0 fully saturated rings. The van der Waals surface area contributed by atoms with Gasteiger partial charge in [-0.3, -0.25) is 0 Å². The van der Waals surface area contributed by atoms with Crippen LogP contribution in [0.25, 0.3) is 23.9 Å². The Morgan fingerprint density at radius 1 is 1.07 bits per heavy atom. The van der Waals surface area contributed by atoms with Gasteiger partial charge in [0.25, 0.3) is 0 Å². The van der Waals surface area contributed by atoms with Crippen LogP contribution < -0.4 is 15.2 Å². The minimum absolute atomic E-state index is 0.863. The molecule has 0 spiro atoms. The first-order valence-corrected chi connectivity index (χ1v) is 4.88. The normalized spacial score (nSPS) is 10.5. The Labute approximate surface area is 89.3 Å². The van der Waals surface area contributed by atoms with Crippen molar-refractivity contribution in [2.75, 3.05) is 7.11 Å². The van der Waals surface area contributed by atoms with E-state index in [2.05, 4.69) is 38.3 Å². The summed E-state index contributed by atoms with van der Waals surface area (Å²) in [5, 5.41) is 4.12. The van der Waals surface area contributed by atoms with Crippen LogP contribution >= 0.6 is 0 Å². The van der Waals surface area contributed by atoms with Crippen LogP contribution in [0.4, 0.5) is 0 Å². The van der Waals surface area contributed by atoms with Gasteiger partial charge in [0.2, 0.25) is 0 Å². The number of ether oxygens (including phenoxy) is 1. The van der Waals surface area contributed by atoms with Gasteiger partial charge in [0.1, 0.15) is 5.75 Å². The predicted molar refractivity (Wildman–Crippen MR) is 65.5 cm³/mol. The lowest BCUT2D eigenvalue weighted by molar-refractivity contribution is 0.419. The third kappa shape index (κ3) is 1.50. The van der Waals surface area contributed by atoms with Crippen LogP contribution in [0.1, 0.15) is 5.56 Å². The van der Waals surface area contributed by atoms with E-state index in [-0.39, 0.29) is 0 Å². The van der Waals surface area contributed by atoms with Crippen LogP contribution in [-0.2, 0) is 0 Å². The monoisotopic (exact) mass is 198 g/mol. The molecule has 0 aliphatic heterocycles. The largest absolute Gasteiger partial charge is 0.496 e. The SMILES string of the molecule is C=c1cc(OC)c2ccc(C)cc2c1=C. The lowest BCUT2D eigenvalue weighted by Gasteiger charge is -2.07. The van der Waals surface area contributed by atoms with Gasteiger partial charge in [-0.15, -0.1) is 0 Å². The van der Waals surface area contributed by atoms with Gasteiger partial charge in [0.05, 0.1) is 7.11 Å². The van der Waals surface area contributed by atoms with Gasteiger partial charge in [-0.1, -0.05) is 36.9 Å². The van der Waals surface area contributed by atoms with Crippen LogP contribution in [0.5, 0.6) is 5.75 Å². The minimum atomic E-state index is 0.863. The van der Waals surface area contributed by atoms with Crippen LogP contribution in [0.15, 0.2) is 24.3 Å². The second-order valence-corrected chi connectivity index (χ2v) is 3.77. The summed E-state index contributed by atoms with van der Waals surface area (Å²) in [6, 6.07) is 8.19. The molecule has 0 aliphatic rings. The van der Waals surface area contributed by atoms with E-state index in [1.54, 1.807) is 7.11 Å². The van der Waals surface area contributed by atoms with Crippen LogP contribution in [0, 0.1) is 6.92 Å². The number of hydrogen-bond donors (Lipinski definition) is 0. The second kappa shape index (κ2) is 3.43. The molecule has 2 rings (SSSR count). The topological polar surface area (TPSA) is 9.23 Å². The zero-order chi connectivity index (χ0) is 11.0. The first-order valence-electron chi connectivity index (χ1n) is 4.88. The summed E-state index contributed by atoms with van der Waals surface area (Å²) in [5.74, 6) is 0.863. The molecule has 15 heavy (non-hydrogen) atoms. The number of rotatable bonds is 1. The molecule has 0 saturated heterocycles. The van der Waals surface area contributed by atoms with E-state index in [4.69, 9.17) is 4.74 Å². The lowest BCUT2D eigenvalue weighted by Crippen LogP contribution is -2.22. The molecule has 2 aromatic carbocycles. The summed E-state index contributed by atoms with van der Waals surface area (Å²) in [5.41, 5.74) is 1.22. The van der Waals surface area contributed by atoms with Crippen molar-refractivity contribution in [3.63, 3.8) is 0 Å². The van der Waals surface area contributed by atoms with Crippen LogP contribution in [0.2, 0.25) is 0 Å². The fourth-order valence-corrected chi connectivity index (χ4v) is 1.79. The van der Waals surface area contributed by atoms with Crippen molar-refractivity contribution in [1.82, 2.24) is 0 Å². The van der Waals surface area contributed by atoms with Crippen LogP contribution in [-0.4, -0.2) is 7.11 Å². The fourth-order valence-electron chi connectivity index (χ4n) is 1.79. The zero-order valence-corrected chi connectivity index (χ0v) is 9.13. The van der Waals surface area contributed by atoms with Crippen molar-refractivity contribution in [1.29, 1.82) is 0 Å².